The van der Waals surface area contributed by atoms with Gasteiger partial charge in [0.05, 0.1) is 6.61 Å². The normalized spacial score (nSPS) is 19.3. The highest BCUT2D eigenvalue weighted by atomic mass is 32.1. The van der Waals surface area contributed by atoms with Gasteiger partial charge in [-0.05, 0) is 41.7 Å². The highest BCUT2D eigenvalue weighted by molar-refractivity contribution is 7.07. The summed E-state index contributed by atoms with van der Waals surface area (Å²) in [6, 6.07) is 2.06. The van der Waals surface area contributed by atoms with Crippen molar-refractivity contribution in [1.29, 1.82) is 0 Å². The van der Waals surface area contributed by atoms with E-state index in [4.69, 9.17) is 9.47 Å². The Hall–Kier alpha value is -0.910. The van der Waals surface area contributed by atoms with E-state index in [1.165, 1.54) is 5.56 Å². The van der Waals surface area contributed by atoms with E-state index in [-0.39, 0.29) is 12.0 Å². The summed E-state index contributed by atoms with van der Waals surface area (Å²) in [4.78, 5) is 14.3. The number of amides is 1. The molecule has 0 radical (unpaired) electrons. The maximum absolute atomic E-state index is 12.5. The number of thiophene rings is 1. The molecule has 19 heavy (non-hydrogen) atoms. The van der Waals surface area contributed by atoms with Gasteiger partial charge in [0.2, 0.25) is 0 Å². The summed E-state index contributed by atoms with van der Waals surface area (Å²) in [5, 5.41) is 4.11. The van der Waals surface area contributed by atoms with Gasteiger partial charge in [-0.1, -0.05) is 0 Å². The van der Waals surface area contributed by atoms with Gasteiger partial charge in [0.25, 0.3) is 5.91 Å². The summed E-state index contributed by atoms with van der Waals surface area (Å²) >= 11 is 1.65. The van der Waals surface area contributed by atoms with Crippen LogP contribution in [-0.4, -0.2) is 43.8 Å². The third kappa shape index (κ3) is 4.30. The number of ether oxygens (including phenoxy) is 2. The number of hydrogen-bond acceptors (Lipinski definition) is 4. The van der Waals surface area contributed by atoms with Gasteiger partial charge >= 0.3 is 0 Å². The number of methoxy groups -OCH3 is 1. The fourth-order valence-corrected chi connectivity index (χ4v) is 2.87. The lowest BCUT2D eigenvalue weighted by Crippen LogP contribution is -2.42. The van der Waals surface area contributed by atoms with Crippen LogP contribution in [-0.2, 0) is 20.8 Å². The molecule has 5 heteroatoms. The van der Waals surface area contributed by atoms with Crippen LogP contribution in [0.5, 0.6) is 0 Å². The average molecular weight is 283 g/mol. The minimum Gasteiger partial charge on any atom is -0.383 e. The van der Waals surface area contributed by atoms with E-state index in [0.717, 1.165) is 19.3 Å². The summed E-state index contributed by atoms with van der Waals surface area (Å²) in [6.07, 6.45) is 2.72. The number of carbonyl (C=O) groups is 1. The van der Waals surface area contributed by atoms with E-state index in [1.54, 1.807) is 18.4 Å². The Labute approximate surface area is 118 Å². The van der Waals surface area contributed by atoms with Gasteiger partial charge in [-0.15, -0.1) is 0 Å². The molecule has 0 unspecified atom stereocenters. The Morgan fingerprint density at radius 2 is 2.47 bits per heavy atom. The summed E-state index contributed by atoms with van der Waals surface area (Å²) in [7, 11) is 1.66. The molecule has 0 saturated carbocycles. The third-order valence-corrected chi connectivity index (χ3v) is 4.02. The van der Waals surface area contributed by atoms with Crippen LogP contribution in [0.25, 0.3) is 0 Å². The van der Waals surface area contributed by atoms with Crippen molar-refractivity contribution in [2.45, 2.75) is 31.9 Å². The summed E-state index contributed by atoms with van der Waals surface area (Å²) in [5.41, 5.74) is 1.17. The predicted octanol–water partition coefficient (Wildman–Crippen LogP) is 2.29. The Balaban J connectivity index is 1.96. The highest BCUT2D eigenvalue weighted by Gasteiger charge is 2.26. The molecular weight excluding hydrogens is 262 g/mol. The van der Waals surface area contributed by atoms with E-state index in [9.17, 15) is 4.79 Å². The van der Waals surface area contributed by atoms with Crippen LogP contribution in [0.15, 0.2) is 16.8 Å². The van der Waals surface area contributed by atoms with Crippen molar-refractivity contribution in [3.05, 3.63) is 22.4 Å². The zero-order valence-electron chi connectivity index (χ0n) is 11.3. The van der Waals surface area contributed by atoms with Crippen LogP contribution in [0.1, 0.15) is 24.8 Å². The highest BCUT2D eigenvalue weighted by Crippen LogP contribution is 2.17. The van der Waals surface area contributed by atoms with Crippen molar-refractivity contribution in [2.75, 3.05) is 26.9 Å². The van der Waals surface area contributed by atoms with Crippen molar-refractivity contribution in [1.82, 2.24) is 4.90 Å². The molecule has 0 aromatic carbocycles. The molecule has 1 fully saturated rings. The van der Waals surface area contributed by atoms with Crippen LogP contribution >= 0.6 is 11.3 Å². The van der Waals surface area contributed by atoms with Gasteiger partial charge in [0, 0.05) is 26.8 Å². The van der Waals surface area contributed by atoms with E-state index in [1.807, 2.05) is 10.3 Å². The molecule has 1 aliphatic heterocycles. The first-order valence-electron chi connectivity index (χ1n) is 6.71. The molecule has 0 bridgehead atoms. The molecular formula is C14H21NO3S. The smallest absolute Gasteiger partial charge is 0.252 e. The van der Waals surface area contributed by atoms with Gasteiger partial charge in [-0.3, -0.25) is 4.79 Å². The zero-order valence-corrected chi connectivity index (χ0v) is 12.2. The fourth-order valence-electron chi connectivity index (χ4n) is 2.21. The quantitative estimate of drug-likeness (QED) is 0.804. The Morgan fingerprint density at radius 3 is 3.11 bits per heavy atom. The zero-order chi connectivity index (χ0) is 13.5. The molecule has 2 rings (SSSR count). The van der Waals surface area contributed by atoms with Gasteiger partial charge in [0.1, 0.15) is 6.10 Å². The minimum absolute atomic E-state index is 0.1000. The summed E-state index contributed by atoms with van der Waals surface area (Å²) in [5.74, 6) is 0.1000. The molecule has 0 spiro atoms. The van der Waals surface area contributed by atoms with E-state index in [0.29, 0.717) is 26.3 Å². The first-order chi connectivity index (χ1) is 9.31. The van der Waals surface area contributed by atoms with Crippen LogP contribution < -0.4 is 0 Å². The third-order valence-electron chi connectivity index (χ3n) is 3.29. The topological polar surface area (TPSA) is 38.8 Å². The summed E-state index contributed by atoms with van der Waals surface area (Å²) in [6.45, 7) is 2.52. The van der Waals surface area contributed by atoms with Crippen molar-refractivity contribution in [2.24, 2.45) is 0 Å². The lowest BCUT2D eigenvalue weighted by Gasteiger charge is -2.29. The van der Waals surface area contributed by atoms with Gasteiger partial charge < -0.3 is 14.4 Å². The first-order valence-corrected chi connectivity index (χ1v) is 7.66. The van der Waals surface area contributed by atoms with E-state index >= 15 is 0 Å². The lowest BCUT2D eigenvalue weighted by atomic mass is 10.1. The Bertz CT molecular complexity index is 374. The van der Waals surface area contributed by atoms with Crippen molar-refractivity contribution in [3.63, 3.8) is 0 Å². The molecule has 1 aromatic rings. The number of nitrogens with zero attached hydrogens (tertiary/aromatic N) is 1. The maximum Gasteiger partial charge on any atom is 0.252 e. The Morgan fingerprint density at radius 1 is 1.58 bits per heavy atom. The molecule has 1 atom stereocenters. The molecule has 1 aliphatic rings. The van der Waals surface area contributed by atoms with Gasteiger partial charge in [-0.25, -0.2) is 0 Å². The number of carbonyl (C=O) groups excluding carboxylic acids is 1. The van der Waals surface area contributed by atoms with E-state index in [2.05, 4.69) is 11.4 Å². The summed E-state index contributed by atoms with van der Waals surface area (Å²) < 4.78 is 10.7. The van der Waals surface area contributed by atoms with Crippen LogP contribution in [0.2, 0.25) is 0 Å². The number of rotatable bonds is 6. The first kappa shape index (κ1) is 14.5. The second-order valence-corrected chi connectivity index (χ2v) is 5.52. The molecule has 106 valence electrons. The van der Waals surface area contributed by atoms with Crippen molar-refractivity contribution < 1.29 is 14.3 Å². The second-order valence-electron chi connectivity index (χ2n) is 4.74. The number of hydrogen-bond donors (Lipinski definition) is 0. The molecule has 0 aliphatic carbocycles. The Kier molecular flexibility index (Phi) is 5.82. The standard InChI is InChI=1S/C14H21NO3S/c1-17-8-6-15(10-12-5-9-19-11-12)14(16)13-4-2-3-7-18-13/h5,9,11,13H,2-4,6-8,10H2,1H3/t13-/m0/s1. The molecule has 1 saturated heterocycles. The molecule has 0 N–H and O–H groups in total. The van der Waals surface area contributed by atoms with Gasteiger partial charge in [-0.2, -0.15) is 11.3 Å². The minimum atomic E-state index is -0.260. The maximum atomic E-state index is 12.5. The average Bonchev–Trinajstić information content (AvgIpc) is 2.96. The molecule has 1 amide bonds. The molecule has 2 heterocycles. The lowest BCUT2D eigenvalue weighted by molar-refractivity contribution is -0.147. The predicted molar refractivity (Wildman–Crippen MR) is 75.2 cm³/mol. The SMILES string of the molecule is COCCN(Cc1ccsc1)C(=O)[C@@H]1CCCCO1. The second kappa shape index (κ2) is 7.62. The fraction of sp³-hybridized carbons (Fsp3) is 0.643. The molecule has 1 aromatic heterocycles. The van der Waals surface area contributed by atoms with Gasteiger partial charge in [0.15, 0.2) is 0 Å². The molecule has 4 nitrogen and oxygen atoms in total. The largest absolute Gasteiger partial charge is 0.383 e. The van der Waals surface area contributed by atoms with E-state index < -0.39 is 0 Å². The monoisotopic (exact) mass is 283 g/mol. The van der Waals surface area contributed by atoms with Crippen LogP contribution in [0.3, 0.4) is 0 Å². The van der Waals surface area contributed by atoms with Crippen molar-refractivity contribution >= 4 is 17.2 Å². The van der Waals surface area contributed by atoms with Crippen molar-refractivity contribution in [3.8, 4) is 0 Å². The van der Waals surface area contributed by atoms with Crippen LogP contribution in [0, 0.1) is 0 Å². The van der Waals surface area contributed by atoms with Crippen LogP contribution in [0.4, 0.5) is 0 Å².